The van der Waals surface area contributed by atoms with Crippen molar-refractivity contribution in [1.82, 2.24) is 4.98 Å². The van der Waals surface area contributed by atoms with Gasteiger partial charge in [0.25, 0.3) is 10.0 Å². The van der Waals surface area contributed by atoms with Crippen molar-refractivity contribution >= 4 is 38.9 Å². The Balaban J connectivity index is 1.98. The Bertz CT molecular complexity index is 1140. The second-order valence-corrected chi connectivity index (χ2v) is 8.19. The lowest BCUT2D eigenvalue weighted by Crippen LogP contribution is -2.15. The van der Waals surface area contributed by atoms with Crippen LogP contribution in [-0.4, -0.2) is 13.4 Å². The summed E-state index contributed by atoms with van der Waals surface area (Å²) in [6.45, 7) is 0. The maximum Gasteiger partial charge on any atom is 0.417 e. The number of hydrogen-bond acceptors (Lipinski definition) is 4. The summed E-state index contributed by atoms with van der Waals surface area (Å²) in [6.07, 6.45) is -3.58. The van der Waals surface area contributed by atoms with Crippen molar-refractivity contribution in [1.29, 1.82) is 0 Å². The first-order chi connectivity index (χ1) is 13.6. The zero-order valence-electron chi connectivity index (χ0n) is 14.2. The molecule has 0 saturated heterocycles. The van der Waals surface area contributed by atoms with Crippen LogP contribution < -0.4 is 9.46 Å². The van der Waals surface area contributed by atoms with Crippen LogP contribution in [0, 0.1) is 0 Å². The second-order valence-electron chi connectivity index (χ2n) is 5.67. The number of hydrogen-bond donors (Lipinski definition) is 1. The molecule has 3 rings (SSSR count). The summed E-state index contributed by atoms with van der Waals surface area (Å²) in [5.41, 5.74) is -1.42. The normalized spacial score (nSPS) is 11.9. The predicted molar refractivity (Wildman–Crippen MR) is 103 cm³/mol. The fraction of sp³-hybridized carbons (Fsp3) is 0.0556. The van der Waals surface area contributed by atoms with Gasteiger partial charge in [-0.2, -0.15) is 13.2 Å². The Kier molecular flexibility index (Phi) is 5.92. The number of pyridine rings is 1. The summed E-state index contributed by atoms with van der Waals surface area (Å²) in [6, 6.07) is 11.9. The molecule has 1 heterocycles. The Labute approximate surface area is 174 Å². The van der Waals surface area contributed by atoms with Gasteiger partial charge >= 0.3 is 6.18 Å². The van der Waals surface area contributed by atoms with Gasteiger partial charge < -0.3 is 4.74 Å². The van der Waals surface area contributed by atoms with E-state index in [-0.39, 0.29) is 16.6 Å². The van der Waals surface area contributed by atoms with Gasteiger partial charge in [-0.25, -0.2) is 13.4 Å². The van der Waals surface area contributed by atoms with Crippen LogP contribution in [-0.2, 0) is 16.2 Å². The van der Waals surface area contributed by atoms with Gasteiger partial charge in [-0.1, -0.05) is 41.4 Å². The van der Waals surface area contributed by atoms with E-state index in [1.165, 1.54) is 12.3 Å². The van der Waals surface area contributed by atoms with Crippen LogP contribution >= 0.6 is 23.2 Å². The zero-order valence-corrected chi connectivity index (χ0v) is 16.6. The van der Waals surface area contributed by atoms with Crippen molar-refractivity contribution in [3.05, 3.63) is 76.4 Å². The Morgan fingerprint density at radius 1 is 1.00 bits per heavy atom. The average molecular weight is 463 g/mol. The molecule has 1 aromatic heterocycles. The predicted octanol–water partition coefficient (Wildman–Crippen LogP) is 6.00. The number of para-hydroxylation sites is 1. The zero-order chi connectivity index (χ0) is 21.2. The molecule has 0 aliphatic rings. The number of rotatable bonds is 5. The van der Waals surface area contributed by atoms with E-state index >= 15 is 0 Å². The van der Waals surface area contributed by atoms with Gasteiger partial charge in [-0.05, 0) is 36.4 Å². The van der Waals surface area contributed by atoms with E-state index in [0.717, 1.165) is 12.1 Å². The molecule has 0 aliphatic carbocycles. The minimum atomic E-state index is -4.82. The fourth-order valence-electron chi connectivity index (χ4n) is 2.27. The Morgan fingerprint density at radius 3 is 2.34 bits per heavy atom. The van der Waals surface area contributed by atoms with Gasteiger partial charge in [-0.15, -0.1) is 0 Å². The summed E-state index contributed by atoms with van der Waals surface area (Å²) in [4.78, 5) is 3.30. The van der Waals surface area contributed by atoms with Crippen LogP contribution in [0.1, 0.15) is 5.56 Å². The van der Waals surface area contributed by atoms with E-state index in [4.69, 9.17) is 27.9 Å². The smallest absolute Gasteiger partial charge is 0.417 e. The molecule has 0 radical (unpaired) electrons. The van der Waals surface area contributed by atoms with Crippen LogP contribution in [0.2, 0.25) is 10.0 Å². The number of halogens is 5. The van der Waals surface area contributed by atoms with Gasteiger partial charge in [0.05, 0.1) is 20.5 Å². The minimum Gasteiger partial charge on any atom is -0.437 e. The van der Waals surface area contributed by atoms with Crippen LogP contribution in [0.3, 0.4) is 0 Å². The van der Waals surface area contributed by atoms with E-state index in [1.54, 1.807) is 30.3 Å². The molecule has 11 heteroatoms. The van der Waals surface area contributed by atoms with Crippen molar-refractivity contribution < 1.29 is 26.3 Å². The summed E-state index contributed by atoms with van der Waals surface area (Å²) >= 11 is 11.4. The molecule has 3 aromatic rings. The lowest BCUT2D eigenvalue weighted by Gasteiger charge is -2.14. The monoisotopic (exact) mass is 462 g/mol. The van der Waals surface area contributed by atoms with Crippen molar-refractivity contribution in [2.75, 3.05) is 4.72 Å². The number of aromatic nitrogens is 1. The molecule has 0 fully saturated rings. The van der Waals surface area contributed by atoms with Gasteiger partial charge in [0.15, 0.2) is 0 Å². The van der Waals surface area contributed by atoms with E-state index in [9.17, 15) is 21.6 Å². The highest BCUT2D eigenvalue weighted by atomic mass is 35.5. The van der Waals surface area contributed by atoms with E-state index in [2.05, 4.69) is 9.71 Å². The largest absolute Gasteiger partial charge is 0.437 e. The molecule has 0 unspecified atom stereocenters. The van der Waals surface area contributed by atoms with Gasteiger partial charge in [-0.3, -0.25) is 4.72 Å². The molecule has 29 heavy (non-hydrogen) atoms. The average Bonchev–Trinajstić information content (AvgIpc) is 2.64. The summed E-state index contributed by atoms with van der Waals surface area (Å²) < 4.78 is 72.2. The molecule has 1 N–H and O–H groups in total. The van der Waals surface area contributed by atoms with Gasteiger partial charge in [0, 0.05) is 6.20 Å². The standard InChI is InChI=1S/C18H11Cl2F3N2O3S/c19-11-8-16(17(24-10-11)28-12-4-2-1-3-5-12)25-29(26,27)13-6-7-15(20)14(9-13)18(21,22)23/h1-10,25H. The molecule has 5 nitrogen and oxygen atoms in total. The Morgan fingerprint density at radius 2 is 1.69 bits per heavy atom. The molecule has 2 aromatic carbocycles. The number of anilines is 1. The third-order valence-electron chi connectivity index (χ3n) is 3.57. The van der Waals surface area contributed by atoms with Gasteiger partial charge in [0.1, 0.15) is 11.4 Å². The highest BCUT2D eigenvalue weighted by molar-refractivity contribution is 7.92. The third kappa shape index (κ3) is 5.11. The topological polar surface area (TPSA) is 68.3 Å². The Hall–Kier alpha value is -2.49. The van der Waals surface area contributed by atoms with Crippen molar-refractivity contribution in [2.45, 2.75) is 11.1 Å². The van der Waals surface area contributed by atoms with Crippen LogP contribution in [0.15, 0.2) is 65.7 Å². The first-order valence-electron chi connectivity index (χ1n) is 7.84. The highest BCUT2D eigenvalue weighted by Crippen LogP contribution is 2.37. The molecule has 0 saturated carbocycles. The molecule has 0 aliphatic heterocycles. The summed E-state index contributed by atoms with van der Waals surface area (Å²) in [5, 5.41) is -0.524. The van der Waals surface area contributed by atoms with E-state index in [1.807, 2.05) is 0 Å². The highest BCUT2D eigenvalue weighted by Gasteiger charge is 2.34. The number of ether oxygens (including phenoxy) is 1. The molecule has 0 amide bonds. The maximum absolute atomic E-state index is 13.1. The van der Waals surface area contributed by atoms with Crippen LogP contribution in [0.4, 0.5) is 18.9 Å². The fourth-order valence-corrected chi connectivity index (χ4v) is 3.73. The molecule has 152 valence electrons. The molecule has 0 bridgehead atoms. The SMILES string of the molecule is O=S(=O)(Nc1cc(Cl)cnc1Oc1ccccc1)c1ccc(Cl)c(C(F)(F)F)c1. The number of nitrogens with one attached hydrogen (secondary N) is 1. The first-order valence-corrected chi connectivity index (χ1v) is 10.1. The maximum atomic E-state index is 13.1. The number of alkyl halides is 3. The first kappa shape index (κ1) is 21.2. The molecule has 0 atom stereocenters. The van der Waals surface area contributed by atoms with Crippen molar-refractivity contribution in [2.24, 2.45) is 0 Å². The van der Waals surface area contributed by atoms with Crippen molar-refractivity contribution in [3.63, 3.8) is 0 Å². The van der Waals surface area contributed by atoms with Crippen LogP contribution in [0.25, 0.3) is 0 Å². The lowest BCUT2D eigenvalue weighted by molar-refractivity contribution is -0.137. The third-order valence-corrected chi connectivity index (χ3v) is 5.47. The molecular formula is C18H11Cl2F3N2O3S. The van der Waals surface area contributed by atoms with Gasteiger partial charge in [0.2, 0.25) is 5.88 Å². The number of benzene rings is 2. The van der Waals surface area contributed by atoms with E-state index < -0.39 is 31.7 Å². The quantitative estimate of drug-likeness (QED) is 0.504. The number of nitrogens with zero attached hydrogens (tertiary/aromatic N) is 1. The molecule has 0 spiro atoms. The summed E-state index contributed by atoms with van der Waals surface area (Å²) in [5.74, 6) is 0.239. The van der Waals surface area contributed by atoms with Crippen molar-refractivity contribution in [3.8, 4) is 11.6 Å². The minimum absolute atomic E-state index is 0.0928. The lowest BCUT2D eigenvalue weighted by atomic mass is 10.2. The molecular weight excluding hydrogens is 452 g/mol. The summed E-state index contributed by atoms with van der Waals surface area (Å²) in [7, 11) is -4.43. The van der Waals surface area contributed by atoms with Crippen LogP contribution in [0.5, 0.6) is 11.6 Å². The second kappa shape index (κ2) is 8.10. The number of sulfonamides is 1. The van der Waals surface area contributed by atoms with E-state index in [0.29, 0.717) is 11.8 Å².